The van der Waals surface area contributed by atoms with E-state index in [-0.39, 0.29) is 5.91 Å². The highest BCUT2D eigenvalue weighted by Gasteiger charge is 2.10. The molecule has 0 aromatic heterocycles. The molecule has 0 aliphatic rings. The molecule has 1 rings (SSSR count). The molecule has 0 saturated heterocycles. The Labute approximate surface area is 122 Å². The van der Waals surface area contributed by atoms with Crippen LogP contribution in [0.4, 0.5) is 0 Å². The number of ether oxygens (including phenoxy) is 2. The summed E-state index contributed by atoms with van der Waals surface area (Å²) in [7, 11) is 3.13. The zero-order chi connectivity index (χ0) is 14.3. The Hall–Kier alpha value is -1.23. The Morgan fingerprint density at radius 2 is 1.84 bits per heavy atom. The number of rotatable bonds is 7. The van der Waals surface area contributed by atoms with Crippen molar-refractivity contribution in [2.45, 2.75) is 13.3 Å². The second-order valence-electron chi connectivity index (χ2n) is 4.39. The highest BCUT2D eigenvalue weighted by atomic mass is 79.9. The van der Waals surface area contributed by atoms with E-state index in [9.17, 15) is 4.79 Å². The summed E-state index contributed by atoms with van der Waals surface area (Å²) in [6, 6.07) is 5.14. The summed E-state index contributed by atoms with van der Waals surface area (Å²) in [6.45, 7) is 2.76. The molecule has 1 unspecified atom stereocenters. The number of hydrogen-bond acceptors (Lipinski definition) is 3. The molecule has 0 spiro atoms. The van der Waals surface area contributed by atoms with E-state index in [0.29, 0.717) is 29.5 Å². The number of carbonyl (C=O) groups excluding carboxylic acids is 1. The smallest absolute Gasteiger partial charge is 0.251 e. The van der Waals surface area contributed by atoms with Gasteiger partial charge in [-0.05, 0) is 24.5 Å². The number of methoxy groups -OCH3 is 2. The van der Waals surface area contributed by atoms with Crippen molar-refractivity contribution >= 4 is 21.8 Å². The van der Waals surface area contributed by atoms with Crippen molar-refractivity contribution in [3.05, 3.63) is 23.8 Å². The fourth-order valence-corrected chi connectivity index (χ4v) is 2.38. The number of alkyl halides is 1. The van der Waals surface area contributed by atoms with Crippen LogP contribution >= 0.6 is 15.9 Å². The van der Waals surface area contributed by atoms with E-state index in [1.54, 1.807) is 32.4 Å². The lowest BCUT2D eigenvalue weighted by Gasteiger charge is -2.12. The lowest BCUT2D eigenvalue weighted by atomic mass is 10.1. The van der Waals surface area contributed by atoms with Crippen LogP contribution < -0.4 is 14.8 Å². The number of carbonyl (C=O) groups is 1. The quantitative estimate of drug-likeness (QED) is 0.782. The van der Waals surface area contributed by atoms with E-state index in [2.05, 4.69) is 28.2 Å². The average Bonchev–Trinajstić information content (AvgIpc) is 2.44. The summed E-state index contributed by atoms with van der Waals surface area (Å²) in [5.74, 6) is 1.55. The first-order valence-electron chi connectivity index (χ1n) is 6.18. The lowest BCUT2D eigenvalue weighted by Crippen LogP contribution is -2.28. The molecule has 0 bridgehead atoms. The number of hydrogen-bond donors (Lipinski definition) is 1. The van der Waals surface area contributed by atoms with Gasteiger partial charge in [0.05, 0.1) is 14.2 Å². The number of nitrogens with one attached hydrogen (secondary N) is 1. The summed E-state index contributed by atoms with van der Waals surface area (Å²) < 4.78 is 10.3. The van der Waals surface area contributed by atoms with E-state index < -0.39 is 0 Å². The Balaban J connectivity index is 2.70. The molecule has 0 heterocycles. The SMILES string of the molecule is COc1cc(OC)cc(C(=O)NCC(C)CCBr)c1. The van der Waals surface area contributed by atoms with E-state index in [0.717, 1.165) is 11.8 Å². The van der Waals surface area contributed by atoms with Crippen molar-refractivity contribution in [1.29, 1.82) is 0 Å². The summed E-state index contributed by atoms with van der Waals surface area (Å²) in [6.07, 6.45) is 1.03. The van der Waals surface area contributed by atoms with E-state index in [1.807, 2.05) is 0 Å². The molecule has 1 N–H and O–H groups in total. The highest BCUT2D eigenvalue weighted by Crippen LogP contribution is 2.22. The second kappa shape index (κ2) is 8.04. The third-order valence-corrected chi connectivity index (χ3v) is 3.28. The molecule has 1 amide bonds. The minimum absolute atomic E-state index is 0.112. The van der Waals surface area contributed by atoms with Crippen LogP contribution in [0, 0.1) is 5.92 Å². The second-order valence-corrected chi connectivity index (χ2v) is 5.19. The first-order valence-corrected chi connectivity index (χ1v) is 7.30. The molecule has 1 atom stereocenters. The van der Waals surface area contributed by atoms with Crippen LogP contribution in [-0.4, -0.2) is 32.0 Å². The molecule has 0 saturated carbocycles. The molecule has 1 aromatic rings. The van der Waals surface area contributed by atoms with Gasteiger partial charge in [-0.15, -0.1) is 0 Å². The van der Waals surface area contributed by atoms with Crippen LogP contribution in [0.25, 0.3) is 0 Å². The molecule has 4 nitrogen and oxygen atoms in total. The zero-order valence-corrected chi connectivity index (χ0v) is 13.1. The van der Waals surface area contributed by atoms with Gasteiger partial charge in [0, 0.05) is 23.5 Å². The van der Waals surface area contributed by atoms with E-state index >= 15 is 0 Å². The van der Waals surface area contributed by atoms with Gasteiger partial charge in [0.2, 0.25) is 0 Å². The maximum Gasteiger partial charge on any atom is 0.251 e. The third-order valence-electron chi connectivity index (χ3n) is 2.83. The fourth-order valence-electron chi connectivity index (χ4n) is 1.60. The Morgan fingerprint density at radius 1 is 1.26 bits per heavy atom. The standard InChI is InChI=1S/C14H20BrNO3/c1-10(4-5-15)9-16-14(17)11-6-12(18-2)8-13(7-11)19-3/h6-8,10H,4-5,9H2,1-3H3,(H,16,17). The van der Waals surface area contributed by atoms with Gasteiger partial charge in [-0.3, -0.25) is 4.79 Å². The monoisotopic (exact) mass is 329 g/mol. The largest absolute Gasteiger partial charge is 0.497 e. The van der Waals surface area contributed by atoms with Crippen LogP contribution in [0.5, 0.6) is 11.5 Å². The molecule has 0 fully saturated rings. The number of benzene rings is 1. The van der Waals surface area contributed by atoms with Crippen molar-refractivity contribution in [3.63, 3.8) is 0 Å². The molecule has 5 heteroatoms. The predicted octanol–water partition coefficient (Wildman–Crippen LogP) is 2.85. The predicted molar refractivity (Wildman–Crippen MR) is 79.5 cm³/mol. The summed E-state index contributed by atoms with van der Waals surface area (Å²) >= 11 is 3.39. The topological polar surface area (TPSA) is 47.6 Å². The van der Waals surface area contributed by atoms with Gasteiger partial charge in [0.1, 0.15) is 11.5 Å². The van der Waals surface area contributed by atoms with E-state index in [1.165, 1.54) is 0 Å². The molecule has 106 valence electrons. The van der Waals surface area contributed by atoms with Crippen molar-refractivity contribution in [2.75, 3.05) is 26.1 Å². The number of halogens is 1. The molecule has 1 aromatic carbocycles. The first kappa shape index (κ1) is 15.8. The van der Waals surface area contributed by atoms with Crippen LogP contribution in [0.3, 0.4) is 0 Å². The van der Waals surface area contributed by atoms with Crippen molar-refractivity contribution in [2.24, 2.45) is 5.92 Å². The fraction of sp³-hybridized carbons (Fsp3) is 0.500. The van der Waals surface area contributed by atoms with Crippen LogP contribution in [0.1, 0.15) is 23.7 Å². The summed E-state index contributed by atoms with van der Waals surface area (Å²) in [5, 5.41) is 3.86. The Morgan fingerprint density at radius 3 is 2.32 bits per heavy atom. The van der Waals surface area contributed by atoms with Gasteiger partial charge >= 0.3 is 0 Å². The normalized spacial score (nSPS) is 11.8. The molecule has 19 heavy (non-hydrogen) atoms. The Kier molecular flexibility index (Phi) is 6.70. The van der Waals surface area contributed by atoms with Gasteiger partial charge in [0.15, 0.2) is 0 Å². The molecule has 0 radical (unpaired) electrons. The molecular formula is C14H20BrNO3. The molecule has 0 aliphatic heterocycles. The molecule has 0 aliphatic carbocycles. The average molecular weight is 330 g/mol. The minimum atomic E-state index is -0.112. The van der Waals surface area contributed by atoms with E-state index in [4.69, 9.17) is 9.47 Å². The van der Waals surface area contributed by atoms with Gasteiger partial charge in [-0.25, -0.2) is 0 Å². The maximum absolute atomic E-state index is 12.1. The summed E-state index contributed by atoms with van der Waals surface area (Å²) in [5.41, 5.74) is 0.544. The van der Waals surface area contributed by atoms with Gasteiger partial charge in [-0.2, -0.15) is 0 Å². The lowest BCUT2D eigenvalue weighted by molar-refractivity contribution is 0.0947. The number of amides is 1. The molecular weight excluding hydrogens is 310 g/mol. The van der Waals surface area contributed by atoms with Gasteiger partial charge in [0.25, 0.3) is 5.91 Å². The summed E-state index contributed by atoms with van der Waals surface area (Å²) in [4.78, 5) is 12.1. The van der Waals surface area contributed by atoms with Gasteiger partial charge in [-0.1, -0.05) is 22.9 Å². The van der Waals surface area contributed by atoms with Crippen LogP contribution in [0.15, 0.2) is 18.2 Å². The van der Waals surface area contributed by atoms with Gasteiger partial charge < -0.3 is 14.8 Å². The Bertz CT molecular complexity index is 401. The highest BCUT2D eigenvalue weighted by molar-refractivity contribution is 9.09. The van der Waals surface area contributed by atoms with Crippen LogP contribution in [-0.2, 0) is 0 Å². The first-order chi connectivity index (χ1) is 9.10. The zero-order valence-electron chi connectivity index (χ0n) is 11.5. The minimum Gasteiger partial charge on any atom is -0.497 e. The van der Waals surface area contributed by atoms with Crippen molar-refractivity contribution in [3.8, 4) is 11.5 Å². The van der Waals surface area contributed by atoms with Crippen LogP contribution in [0.2, 0.25) is 0 Å². The maximum atomic E-state index is 12.1. The van der Waals surface area contributed by atoms with Crippen molar-refractivity contribution < 1.29 is 14.3 Å². The van der Waals surface area contributed by atoms with Crippen molar-refractivity contribution in [1.82, 2.24) is 5.32 Å². The third kappa shape index (κ3) is 5.11.